The number of nitrogens with zero attached hydrogens (tertiary/aromatic N) is 1. The second-order valence-electron chi connectivity index (χ2n) is 4.45. The third-order valence-electron chi connectivity index (χ3n) is 3.78. The molecule has 3 heteroatoms. The number of carboxylic acids is 1. The van der Waals surface area contributed by atoms with Crippen molar-refractivity contribution in [3.8, 4) is 0 Å². The average molecular weight is 213 g/mol. The molecule has 0 aliphatic carbocycles. The van der Waals surface area contributed by atoms with Gasteiger partial charge in [-0.2, -0.15) is 0 Å². The summed E-state index contributed by atoms with van der Waals surface area (Å²) < 4.78 is 0. The molecule has 3 nitrogen and oxygen atoms in total. The molecule has 88 valence electrons. The lowest BCUT2D eigenvalue weighted by molar-refractivity contribution is -0.152. The third-order valence-corrected chi connectivity index (χ3v) is 3.78. The lowest BCUT2D eigenvalue weighted by atomic mass is 9.90. The summed E-state index contributed by atoms with van der Waals surface area (Å²) in [4.78, 5) is 13.7. The zero-order chi connectivity index (χ0) is 11.3. The molecule has 1 aliphatic heterocycles. The van der Waals surface area contributed by atoms with Crippen LogP contribution < -0.4 is 0 Å². The van der Waals surface area contributed by atoms with Crippen molar-refractivity contribution in [1.29, 1.82) is 0 Å². The Bertz CT molecular complexity index is 204. The number of likely N-dealkylation sites (tertiary alicyclic amines) is 1. The van der Waals surface area contributed by atoms with Crippen LogP contribution in [0.3, 0.4) is 0 Å². The Morgan fingerprint density at radius 1 is 1.13 bits per heavy atom. The fraction of sp³-hybridized carbons (Fsp3) is 0.917. The molecule has 1 heterocycles. The molecule has 1 rings (SSSR count). The summed E-state index contributed by atoms with van der Waals surface area (Å²) in [5.74, 6) is -0.644. The van der Waals surface area contributed by atoms with E-state index >= 15 is 0 Å². The molecule has 0 amide bonds. The third kappa shape index (κ3) is 2.51. The average Bonchev–Trinajstić information content (AvgIpc) is 2.49. The van der Waals surface area contributed by atoms with Crippen LogP contribution in [0.4, 0.5) is 0 Å². The predicted molar refractivity (Wildman–Crippen MR) is 61.0 cm³/mol. The highest BCUT2D eigenvalue weighted by atomic mass is 16.4. The largest absolute Gasteiger partial charge is 0.480 e. The van der Waals surface area contributed by atoms with Crippen molar-refractivity contribution < 1.29 is 9.90 Å². The maximum atomic E-state index is 11.5. The molecule has 0 bridgehead atoms. The number of rotatable bonds is 4. The predicted octanol–water partition coefficient (Wildman–Crippen LogP) is 2.51. The van der Waals surface area contributed by atoms with Crippen molar-refractivity contribution in [3.63, 3.8) is 0 Å². The van der Waals surface area contributed by atoms with Gasteiger partial charge in [0.25, 0.3) is 0 Å². The maximum Gasteiger partial charge on any atom is 0.324 e. The summed E-state index contributed by atoms with van der Waals surface area (Å²) in [5.41, 5.74) is -0.607. The molecule has 0 spiro atoms. The molecule has 0 aromatic rings. The molecule has 1 aliphatic rings. The highest BCUT2D eigenvalue weighted by molar-refractivity contribution is 5.78. The summed E-state index contributed by atoms with van der Waals surface area (Å²) in [7, 11) is 0. The Morgan fingerprint density at radius 2 is 1.60 bits per heavy atom. The van der Waals surface area contributed by atoms with E-state index in [1.807, 2.05) is 13.8 Å². The van der Waals surface area contributed by atoms with E-state index in [0.29, 0.717) is 12.8 Å². The van der Waals surface area contributed by atoms with Crippen LogP contribution >= 0.6 is 0 Å². The first-order valence-electron chi connectivity index (χ1n) is 6.16. The molecule has 0 saturated carbocycles. The summed E-state index contributed by atoms with van der Waals surface area (Å²) in [6.07, 6.45) is 6.21. The Kier molecular flexibility index (Phi) is 4.58. The van der Waals surface area contributed by atoms with E-state index in [0.717, 1.165) is 25.9 Å². The molecule has 0 aromatic carbocycles. The SMILES string of the molecule is CCC(CC)(C(=O)O)N1CCCCCC1. The Balaban J connectivity index is 2.81. The van der Waals surface area contributed by atoms with Crippen LogP contribution in [0.5, 0.6) is 0 Å². The van der Waals surface area contributed by atoms with Crippen LogP contribution in [0.2, 0.25) is 0 Å². The van der Waals surface area contributed by atoms with Crippen molar-refractivity contribution in [2.45, 2.75) is 57.9 Å². The zero-order valence-corrected chi connectivity index (χ0v) is 9.96. The van der Waals surface area contributed by atoms with Crippen molar-refractivity contribution in [3.05, 3.63) is 0 Å². The van der Waals surface area contributed by atoms with E-state index in [4.69, 9.17) is 0 Å². The molecule has 1 fully saturated rings. The van der Waals surface area contributed by atoms with E-state index in [-0.39, 0.29) is 0 Å². The van der Waals surface area contributed by atoms with Gasteiger partial charge >= 0.3 is 5.97 Å². The number of hydrogen-bond acceptors (Lipinski definition) is 2. The quantitative estimate of drug-likeness (QED) is 0.780. The first-order chi connectivity index (χ1) is 7.17. The van der Waals surface area contributed by atoms with Gasteiger partial charge in [0, 0.05) is 0 Å². The van der Waals surface area contributed by atoms with Gasteiger partial charge in [-0.15, -0.1) is 0 Å². The summed E-state index contributed by atoms with van der Waals surface area (Å²) >= 11 is 0. The van der Waals surface area contributed by atoms with Crippen molar-refractivity contribution in [2.24, 2.45) is 0 Å². The normalized spacial score (nSPS) is 19.9. The summed E-state index contributed by atoms with van der Waals surface area (Å²) in [5, 5.41) is 9.43. The molecular weight excluding hydrogens is 190 g/mol. The van der Waals surface area contributed by atoms with Crippen LogP contribution in [0, 0.1) is 0 Å². The summed E-state index contributed by atoms with van der Waals surface area (Å²) in [6.45, 7) is 5.88. The minimum absolute atomic E-state index is 0.607. The van der Waals surface area contributed by atoms with Gasteiger partial charge in [0.05, 0.1) is 0 Å². The molecule has 1 N–H and O–H groups in total. The van der Waals surface area contributed by atoms with Gasteiger partial charge in [0.15, 0.2) is 0 Å². The fourth-order valence-corrected chi connectivity index (χ4v) is 2.63. The van der Waals surface area contributed by atoms with E-state index in [1.54, 1.807) is 0 Å². The second-order valence-corrected chi connectivity index (χ2v) is 4.45. The lowest BCUT2D eigenvalue weighted by Crippen LogP contribution is -2.54. The number of carbonyl (C=O) groups is 1. The smallest absolute Gasteiger partial charge is 0.324 e. The molecule has 15 heavy (non-hydrogen) atoms. The van der Waals surface area contributed by atoms with Crippen molar-refractivity contribution in [1.82, 2.24) is 4.90 Å². The Hall–Kier alpha value is -0.570. The fourth-order valence-electron chi connectivity index (χ4n) is 2.63. The van der Waals surface area contributed by atoms with E-state index in [1.165, 1.54) is 12.8 Å². The van der Waals surface area contributed by atoms with Gasteiger partial charge in [-0.3, -0.25) is 9.69 Å². The van der Waals surface area contributed by atoms with Gasteiger partial charge < -0.3 is 5.11 Å². The van der Waals surface area contributed by atoms with Crippen LogP contribution in [0.15, 0.2) is 0 Å². The number of hydrogen-bond donors (Lipinski definition) is 1. The Morgan fingerprint density at radius 3 is 1.93 bits per heavy atom. The van der Waals surface area contributed by atoms with E-state index in [2.05, 4.69) is 4.90 Å². The Labute approximate surface area is 92.5 Å². The molecule has 1 saturated heterocycles. The van der Waals surface area contributed by atoms with Gasteiger partial charge in [0.2, 0.25) is 0 Å². The molecule has 0 aromatic heterocycles. The van der Waals surface area contributed by atoms with Gasteiger partial charge in [-0.25, -0.2) is 0 Å². The summed E-state index contributed by atoms with van der Waals surface area (Å²) in [6, 6.07) is 0. The highest BCUT2D eigenvalue weighted by Crippen LogP contribution is 2.27. The van der Waals surface area contributed by atoms with Crippen LogP contribution in [-0.4, -0.2) is 34.6 Å². The van der Waals surface area contributed by atoms with Crippen molar-refractivity contribution >= 4 is 5.97 Å². The van der Waals surface area contributed by atoms with Crippen LogP contribution in [0.25, 0.3) is 0 Å². The maximum absolute atomic E-state index is 11.5. The topological polar surface area (TPSA) is 40.5 Å². The van der Waals surface area contributed by atoms with E-state index in [9.17, 15) is 9.90 Å². The monoisotopic (exact) mass is 213 g/mol. The minimum Gasteiger partial charge on any atom is -0.480 e. The lowest BCUT2D eigenvalue weighted by Gasteiger charge is -2.39. The van der Waals surface area contributed by atoms with Gasteiger partial charge in [-0.05, 0) is 38.8 Å². The molecule has 0 atom stereocenters. The van der Waals surface area contributed by atoms with Gasteiger partial charge in [0.1, 0.15) is 5.54 Å². The first kappa shape index (κ1) is 12.5. The van der Waals surface area contributed by atoms with Crippen molar-refractivity contribution in [2.75, 3.05) is 13.1 Å². The van der Waals surface area contributed by atoms with Gasteiger partial charge in [-0.1, -0.05) is 26.7 Å². The zero-order valence-electron chi connectivity index (χ0n) is 9.96. The molecule has 0 unspecified atom stereocenters. The van der Waals surface area contributed by atoms with E-state index < -0.39 is 11.5 Å². The highest BCUT2D eigenvalue weighted by Gasteiger charge is 2.40. The molecular formula is C12H23NO2. The number of aliphatic carboxylic acids is 1. The first-order valence-corrected chi connectivity index (χ1v) is 6.16. The van der Waals surface area contributed by atoms with Crippen LogP contribution in [0.1, 0.15) is 52.4 Å². The second kappa shape index (κ2) is 5.50. The minimum atomic E-state index is -0.644. The molecule has 0 radical (unpaired) electrons. The number of carboxylic acid groups (broad SMARTS) is 1. The van der Waals surface area contributed by atoms with Crippen LogP contribution in [-0.2, 0) is 4.79 Å². The standard InChI is InChI=1S/C12H23NO2/c1-3-12(4-2,11(14)15)13-9-7-5-6-8-10-13/h3-10H2,1-2H3,(H,14,15).